The van der Waals surface area contributed by atoms with Crippen LogP contribution in [0.5, 0.6) is 0 Å². The van der Waals surface area contributed by atoms with Crippen molar-refractivity contribution in [3.8, 4) is 0 Å². The average molecular weight is 245 g/mol. The molecule has 1 aromatic rings. The molecule has 0 saturated carbocycles. The molecule has 1 aromatic carbocycles. The van der Waals surface area contributed by atoms with Gasteiger partial charge < -0.3 is 10.6 Å². The molecule has 2 heterocycles. The first-order valence-electron chi connectivity index (χ1n) is 6.58. The van der Waals surface area contributed by atoms with Gasteiger partial charge in [-0.15, -0.1) is 0 Å². The predicted octanol–water partition coefficient (Wildman–Crippen LogP) is 1.08. The van der Waals surface area contributed by atoms with Crippen LogP contribution in [0, 0.1) is 0 Å². The van der Waals surface area contributed by atoms with Crippen LogP contribution in [0.2, 0.25) is 0 Å². The minimum absolute atomic E-state index is 0.337. The molecule has 4 heteroatoms. The number of amides is 1. The van der Waals surface area contributed by atoms with Crippen LogP contribution in [0.1, 0.15) is 18.4 Å². The van der Waals surface area contributed by atoms with Gasteiger partial charge in [-0.1, -0.05) is 12.1 Å². The molecule has 4 nitrogen and oxygen atoms in total. The zero-order valence-corrected chi connectivity index (χ0v) is 10.5. The lowest BCUT2D eigenvalue weighted by atomic mass is 10.1. The molecule has 1 unspecified atom stereocenters. The standard InChI is InChI=1S/C14H19N3O/c15-12-3-1-2-11(8-12)9-16-6-7-17-13(10-16)4-5-14(17)18/h1-3,8,13H,4-7,9-10,15H2. The summed E-state index contributed by atoms with van der Waals surface area (Å²) in [5.41, 5.74) is 7.87. The molecule has 1 amide bonds. The summed E-state index contributed by atoms with van der Waals surface area (Å²) in [6.45, 7) is 3.78. The Morgan fingerprint density at radius 3 is 3.06 bits per heavy atom. The maximum absolute atomic E-state index is 11.6. The van der Waals surface area contributed by atoms with Crippen molar-refractivity contribution in [2.75, 3.05) is 25.4 Å². The number of hydrogen-bond acceptors (Lipinski definition) is 3. The Morgan fingerprint density at radius 2 is 2.22 bits per heavy atom. The number of carbonyl (C=O) groups excluding carboxylic acids is 1. The molecule has 96 valence electrons. The highest BCUT2D eigenvalue weighted by Gasteiger charge is 2.35. The fraction of sp³-hybridized carbons (Fsp3) is 0.500. The highest BCUT2D eigenvalue weighted by atomic mass is 16.2. The van der Waals surface area contributed by atoms with Crippen molar-refractivity contribution in [1.29, 1.82) is 0 Å². The van der Waals surface area contributed by atoms with Crippen LogP contribution >= 0.6 is 0 Å². The Morgan fingerprint density at radius 1 is 1.33 bits per heavy atom. The van der Waals surface area contributed by atoms with E-state index in [9.17, 15) is 4.79 Å². The maximum atomic E-state index is 11.6. The fourth-order valence-electron chi connectivity index (χ4n) is 3.02. The molecule has 1 atom stereocenters. The van der Waals surface area contributed by atoms with Crippen LogP contribution in [-0.4, -0.2) is 41.4 Å². The molecule has 0 radical (unpaired) electrons. The predicted molar refractivity (Wildman–Crippen MR) is 70.9 cm³/mol. The van der Waals surface area contributed by atoms with Gasteiger partial charge in [0, 0.05) is 44.3 Å². The Bertz CT molecular complexity index is 460. The third kappa shape index (κ3) is 2.20. The first kappa shape index (κ1) is 11.5. The number of nitrogens with zero attached hydrogens (tertiary/aromatic N) is 2. The lowest BCUT2D eigenvalue weighted by Crippen LogP contribution is -2.50. The van der Waals surface area contributed by atoms with Gasteiger partial charge in [-0.25, -0.2) is 0 Å². The summed E-state index contributed by atoms with van der Waals surface area (Å²) in [6, 6.07) is 8.50. The minimum Gasteiger partial charge on any atom is -0.399 e. The zero-order valence-electron chi connectivity index (χ0n) is 10.5. The molecule has 0 bridgehead atoms. The summed E-state index contributed by atoms with van der Waals surface area (Å²) in [6.07, 6.45) is 1.75. The van der Waals surface area contributed by atoms with Gasteiger partial charge in [-0.2, -0.15) is 0 Å². The average Bonchev–Trinajstić information content (AvgIpc) is 2.71. The minimum atomic E-state index is 0.337. The van der Waals surface area contributed by atoms with Crippen molar-refractivity contribution in [2.45, 2.75) is 25.4 Å². The van der Waals surface area contributed by atoms with Gasteiger partial charge in [0.05, 0.1) is 0 Å². The number of rotatable bonds is 2. The van der Waals surface area contributed by atoms with Gasteiger partial charge in [0.15, 0.2) is 0 Å². The van der Waals surface area contributed by atoms with E-state index < -0.39 is 0 Å². The van der Waals surface area contributed by atoms with Crippen molar-refractivity contribution in [1.82, 2.24) is 9.80 Å². The van der Waals surface area contributed by atoms with Crippen LogP contribution in [0.3, 0.4) is 0 Å². The number of fused-ring (bicyclic) bond motifs is 1. The van der Waals surface area contributed by atoms with Gasteiger partial charge in [0.25, 0.3) is 0 Å². The van der Waals surface area contributed by atoms with E-state index in [1.165, 1.54) is 5.56 Å². The number of piperazine rings is 1. The highest BCUT2D eigenvalue weighted by molar-refractivity contribution is 5.78. The van der Waals surface area contributed by atoms with Crippen molar-refractivity contribution in [3.05, 3.63) is 29.8 Å². The fourth-order valence-corrected chi connectivity index (χ4v) is 3.02. The molecule has 2 aliphatic heterocycles. The number of hydrogen-bond donors (Lipinski definition) is 1. The second-order valence-electron chi connectivity index (χ2n) is 5.26. The number of nitrogens with two attached hydrogens (primary N) is 1. The number of nitrogen functional groups attached to an aromatic ring is 1. The van der Waals surface area contributed by atoms with Gasteiger partial charge in [-0.3, -0.25) is 9.69 Å². The van der Waals surface area contributed by atoms with Crippen LogP contribution in [0.25, 0.3) is 0 Å². The van der Waals surface area contributed by atoms with E-state index >= 15 is 0 Å². The molecule has 18 heavy (non-hydrogen) atoms. The monoisotopic (exact) mass is 245 g/mol. The van der Waals surface area contributed by atoms with E-state index in [-0.39, 0.29) is 0 Å². The molecule has 0 aromatic heterocycles. The third-order valence-corrected chi connectivity index (χ3v) is 3.94. The summed E-state index contributed by atoms with van der Waals surface area (Å²) >= 11 is 0. The zero-order chi connectivity index (χ0) is 12.5. The SMILES string of the molecule is Nc1cccc(CN2CCN3C(=O)CCC3C2)c1. The van der Waals surface area contributed by atoms with Gasteiger partial charge in [0.1, 0.15) is 0 Å². The molecule has 2 aliphatic rings. The van der Waals surface area contributed by atoms with E-state index in [4.69, 9.17) is 5.73 Å². The van der Waals surface area contributed by atoms with Crippen LogP contribution in [0.15, 0.2) is 24.3 Å². The van der Waals surface area contributed by atoms with Crippen molar-refractivity contribution >= 4 is 11.6 Å². The Labute approximate surface area is 107 Å². The smallest absolute Gasteiger partial charge is 0.222 e. The summed E-state index contributed by atoms with van der Waals surface area (Å²) in [4.78, 5) is 16.1. The molecular formula is C14H19N3O. The molecule has 3 rings (SSSR count). The lowest BCUT2D eigenvalue weighted by molar-refractivity contribution is -0.130. The Hall–Kier alpha value is -1.55. The largest absolute Gasteiger partial charge is 0.399 e. The molecule has 2 N–H and O–H groups in total. The van der Waals surface area contributed by atoms with Crippen molar-refractivity contribution < 1.29 is 4.79 Å². The Kier molecular flexibility index (Phi) is 2.96. The number of anilines is 1. The first-order chi connectivity index (χ1) is 8.72. The Balaban J connectivity index is 1.64. The summed E-state index contributed by atoms with van der Waals surface area (Å²) in [5, 5.41) is 0. The van der Waals surface area contributed by atoms with E-state index in [1.54, 1.807) is 0 Å². The second kappa shape index (κ2) is 4.61. The lowest BCUT2D eigenvalue weighted by Gasteiger charge is -2.37. The van der Waals surface area contributed by atoms with E-state index in [0.29, 0.717) is 11.9 Å². The molecule has 2 fully saturated rings. The van der Waals surface area contributed by atoms with Crippen LogP contribution in [-0.2, 0) is 11.3 Å². The summed E-state index contributed by atoms with van der Waals surface area (Å²) in [7, 11) is 0. The molecule has 0 spiro atoms. The van der Waals surface area contributed by atoms with Crippen molar-refractivity contribution in [2.24, 2.45) is 0 Å². The summed E-state index contributed by atoms with van der Waals surface area (Å²) in [5.74, 6) is 0.337. The van der Waals surface area contributed by atoms with E-state index in [0.717, 1.165) is 44.7 Å². The normalized spacial score (nSPS) is 24.3. The van der Waals surface area contributed by atoms with E-state index in [1.807, 2.05) is 18.2 Å². The summed E-state index contributed by atoms with van der Waals surface area (Å²) < 4.78 is 0. The van der Waals surface area contributed by atoms with Gasteiger partial charge in [-0.05, 0) is 24.1 Å². The first-order valence-corrected chi connectivity index (χ1v) is 6.58. The van der Waals surface area contributed by atoms with Gasteiger partial charge >= 0.3 is 0 Å². The van der Waals surface area contributed by atoms with Crippen molar-refractivity contribution in [3.63, 3.8) is 0 Å². The highest BCUT2D eigenvalue weighted by Crippen LogP contribution is 2.23. The van der Waals surface area contributed by atoms with Crippen LogP contribution < -0.4 is 5.73 Å². The van der Waals surface area contributed by atoms with Crippen LogP contribution in [0.4, 0.5) is 5.69 Å². The van der Waals surface area contributed by atoms with Gasteiger partial charge in [0.2, 0.25) is 5.91 Å². The van der Waals surface area contributed by atoms with E-state index in [2.05, 4.69) is 15.9 Å². The second-order valence-corrected chi connectivity index (χ2v) is 5.26. The molecular weight excluding hydrogens is 226 g/mol. The quantitative estimate of drug-likeness (QED) is 0.793. The maximum Gasteiger partial charge on any atom is 0.222 e. The number of carbonyl (C=O) groups is 1. The molecule has 0 aliphatic carbocycles. The third-order valence-electron chi connectivity index (χ3n) is 3.94. The molecule has 2 saturated heterocycles. The topological polar surface area (TPSA) is 49.6 Å². The number of benzene rings is 1.